The van der Waals surface area contributed by atoms with Crippen LogP contribution in [0.3, 0.4) is 0 Å². The van der Waals surface area contributed by atoms with Crippen LogP contribution in [0, 0.1) is 0 Å². The zero-order valence-corrected chi connectivity index (χ0v) is 15.4. The maximum absolute atomic E-state index is 12.5. The summed E-state index contributed by atoms with van der Waals surface area (Å²) in [6.45, 7) is 10.6. The molecule has 0 saturated heterocycles. The molecule has 0 N–H and O–H groups in total. The molecule has 21 heavy (non-hydrogen) atoms. The summed E-state index contributed by atoms with van der Waals surface area (Å²) >= 11 is 0. The van der Waals surface area contributed by atoms with Crippen LogP contribution in [-0.2, 0) is 5.41 Å². The minimum atomic E-state index is -1.29. The number of nitrogens with zero attached hydrogens (tertiary/aromatic N) is 1. The van der Waals surface area contributed by atoms with Crippen LogP contribution in [0.4, 0.5) is 0 Å². The number of hydrogen-bond donors (Lipinski definition) is 0. The fourth-order valence-corrected chi connectivity index (χ4v) is 2.72. The highest BCUT2D eigenvalue weighted by atomic mass is 28.3. The minimum Gasteiger partial charge on any atom is -0.546 e. The van der Waals surface area contributed by atoms with E-state index in [4.69, 9.17) is 4.43 Å². The van der Waals surface area contributed by atoms with Crippen molar-refractivity contribution in [1.29, 1.82) is 0 Å². The number of ketones is 1. The van der Waals surface area contributed by atoms with Gasteiger partial charge in [0.2, 0.25) is 9.04 Å². The number of carbonyl (C=O) groups is 1. The average Bonchev–Trinajstić information content (AvgIpc) is 2.34. The van der Waals surface area contributed by atoms with E-state index in [0.717, 1.165) is 11.3 Å². The van der Waals surface area contributed by atoms with E-state index in [-0.39, 0.29) is 11.2 Å². The van der Waals surface area contributed by atoms with Crippen molar-refractivity contribution in [3.63, 3.8) is 0 Å². The molecule has 1 rings (SSSR count). The molecule has 0 bridgehead atoms. The van der Waals surface area contributed by atoms with E-state index in [1.807, 2.05) is 31.1 Å². The molecule has 0 aromatic heterocycles. The molecule has 116 valence electrons. The summed E-state index contributed by atoms with van der Waals surface area (Å²) in [5.74, 6) is 0.750. The predicted octanol–water partition coefficient (Wildman–Crippen LogP) is 3.60. The van der Waals surface area contributed by atoms with Crippen molar-refractivity contribution in [1.82, 2.24) is 4.90 Å². The lowest BCUT2D eigenvalue weighted by atomic mass is 9.85. The monoisotopic (exact) mass is 305 g/mol. The molecule has 0 spiro atoms. The lowest BCUT2D eigenvalue weighted by Crippen LogP contribution is -2.20. The summed E-state index contributed by atoms with van der Waals surface area (Å²) in [4.78, 5) is 14.3. The molecule has 0 fully saturated rings. The first-order valence-electron chi connectivity index (χ1n) is 7.32. The minimum absolute atomic E-state index is 0.0144. The molecule has 0 radical (unpaired) electrons. The number of carbonyl (C=O) groups excluding carboxylic acids is 1. The maximum Gasteiger partial charge on any atom is 0.229 e. The normalized spacial score (nSPS) is 12.0. The molecule has 0 aliphatic rings. The summed E-state index contributed by atoms with van der Waals surface area (Å²) in [6, 6.07) is 5.84. The second-order valence-electron chi connectivity index (χ2n) is 6.74. The van der Waals surface area contributed by atoms with Crippen molar-refractivity contribution in [3.8, 4) is 5.75 Å². The Kier molecular flexibility index (Phi) is 5.78. The van der Waals surface area contributed by atoms with Gasteiger partial charge in [0.1, 0.15) is 5.75 Å². The van der Waals surface area contributed by atoms with Gasteiger partial charge in [-0.25, -0.2) is 0 Å². The Labute approximate surface area is 130 Å². The van der Waals surface area contributed by atoms with Gasteiger partial charge >= 0.3 is 0 Å². The maximum atomic E-state index is 12.5. The van der Waals surface area contributed by atoms with Crippen molar-refractivity contribution in [2.45, 2.75) is 39.3 Å². The van der Waals surface area contributed by atoms with Gasteiger partial charge in [-0.15, -0.1) is 0 Å². The van der Waals surface area contributed by atoms with Gasteiger partial charge in [-0.05, 0) is 30.1 Å². The summed E-state index contributed by atoms with van der Waals surface area (Å²) in [7, 11) is 2.50. The summed E-state index contributed by atoms with van der Waals surface area (Å²) < 4.78 is 6.10. The van der Waals surface area contributed by atoms with Crippen molar-refractivity contribution >= 4 is 14.8 Å². The zero-order valence-electron chi connectivity index (χ0n) is 14.2. The van der Waals surface area contributed by atoms with Crippen LogP contribution in [-0.4, -0.2) is 33.8 Å². The number of hydrogen-bond acceptors (Lipinski definition) is 3. The number of para-hydroxylation sites is 1. The molecule has 0 atom stereocenters. The Morgan fingerprint density at radius 3 is 2.33 bits per heavy atom. The Balaban J connectivity index is 3.34. The van der Waals surface area contributed by atoms with Gasteiger partial charge in [0.05, 0.1) is 5.56 Å². The van der Waals surface area contributed by atoms with Crippen LogP contribution < -0.4 is 4.43 Å². The Morgan fingerprint density at radius 2 is 1.86 bits per heavy atom. The first kappa shape index (κ1) is 17.5. The third-order valence-corrected chi connectivity index (χ3v) is 3.67. The fourth-order valence-electron chi connectivity index (χ4n) is 1.99. The molecular formula is C17H27NO2Si. The highest BCUT2D eigenvalue weighted by Gasteiger charge is 2.23. The summed E-state index contributed by atoms with van der Waals surface area (Å²) in [5, 5.41) is 0. The molecule has 0 saturated carbocycles. The number of benzene rings is 1. The third kappa shape index (κ3) is 5.05. The molecule has 3 nitrogen and oxygen atoms in total. The first-order valence-corrected chi connectivity index (χ1v) is 10.1. The van der Waals surface area contributed by atoms with E-state index >= 15 is 0 Å². The topological polar surface area (TPSA) is 29.5 Å². The first-order chi connectivity index (χ1) is 9.62. The SMILES string of the molecule is CN(C)C=CC(=O)c1cccc(C(C)(C)C)c1O[SiH](C)C. The van der Waals surface area contributed by atoms with Crippen LogP contribution in [0.5, 0.6) is 5.75 Å². The largest absolute Gasteiger partial charge is 0.546 e. The summed E-state index contributed by atoms with van der Waals surface area (Å²) in [6.07, 6.45) is 3.36. The molecule has 0 amide bonds. The van der Waals surface area contributed by atoms with Crippen molar-refractivity contribution in [2.24, 2.45) is 0 Å². The summed E-state index contributed by atoms with van der Waals surface area (Å²) in [5.41, 5.74) is 1.69. The number of rotatable bonds is 5. The van der Waals surface area contributed by atoms with Gasteiger partial charge < -0.3 is 9.33 Å². The molecule has 0 heterocycles. The molecule has 0 aliphatic carbocycles. The van der Waals surface area contributed by atoms with Gasteiger partial charge in [0, 0.05) is 26.4 Å². The molecule has 1 aromatic rings. The van der Waals surface area contributed by atoms with E-state index in [1.165, 1.54) is 0 Å². The van der Waals surface area contributed by atoms with Gasteiger partial charge in [-0.3, -0.25) is 4.79 Å². The smallest absolute Gasteiger partial charge is 0.229 e. The van der Waals surface area contributed by atoms with Crippen LogP contribution in [0.15, 0.2) is 30.5 Å². The molecule has 4 heteroatoms. The van der Waals surface area contributed by atoms with E-state index in [2.05, 4.69) is 39.9 Å². The fraction of sp³-hybridized carbons (Fsp3) is 0.471. The molecule has 0 aliphatic heterocycles. The standard InChI is InChI=1S/C17H27NO2Si/c1-17(2,3)14-10-8-9-13(16(14)20-21(6)7)15(19)11-12-18(4)5/h8-12,21H,1-7H3. The quantitative estimate of drug-likeness (QED) is 0.473. The van der Waals surface area contributed by atoms with Crippen LogP contribution in [0.2, 0.25) is 13.1 Å². The predicted molar refractivity (Wildman–Crippen MR) is 91.8 cm³/mol. The van der Waals surface area contributed by atoms with Crippen LogP contribution in [0.25, 0.3) is 0 Å². The second kappa shape index (κ2) is 6.94. The van der Waals surface area contributed by atoms with Crippen LogP contribution >= 0.6 is 0 Å². The Hall–Kier alpha value is -1.55. The third-order valence-electron chi connectivity index (χ3n) is 2.97. The molecule has 0 unspecified atom stereocenters. The van der Waals surface area contributed by atoms with Gasteiger partial charge in [0.15, 0.2) is 5.78 Å². The van der Waals surface area contributed by atoms with Crippen molar-refractivity contribution < 1.29 is 9.22 Å². The zero-order chi connectivity index (χ0) is 16.2. The number of allylic oxidation sites excluding steroid dienone is 1. The second-order valence-corrected chi connectivity index (χ2v) is 9.08. The van der Waals surface area contributed by atoms with Crippen molar-refractivity contribution in [2.75, 3.05) is 14.1 Å². The Bertz CT molecular complexity index is 528. The highest BCUT2D eigenvalue weighted by Crippen LogP contribution is 2.34. The molecular weight excluding hydrogens is 278 g/mol. The average molecular weight is 305 g/mol. The van der Waals surface area contributed by atoms with Gasteiger partial charge in [0.25, 0.3) is 0 Å². The van der Waals surface area contributed by atoms with Gasteiger partial charge in [-0.1, -0.05) is 32.9 Å². The molecule has 1 aromatic carbocycles. The van der Waals surface area contributed by atoms with E-state index in [9.17, 15) is 4.79 Å². The van der Waals surface area contributed by atoms with E-state index < -0.39 is 9.04 Å². The lowest BCUT2D eigenvalue weighted by molar-refractivity contribution is 0.104. The van der Waals surface area contributed by atoms with E-state index in [0.29, 0.717) is 5.56 Å². The lowest BCUT2D eigenvalue weighted by Gasteiger charge is -2.25. The van der Waals surface area contributed by atoms with Gasteiger partial charge in [-0.2, -0.15) is 0 Å². The van der Waals surface area contributed by atoms with Crippen molar-refractivity contribution in [3.05, 3.63) is 41.6 Å². The van der Waals surface area contributed by atoms with E-state index in [1.54, 1.807) is 12.3 Å². The Morgan fingerprint density at radius 1 is 1.24 bits per heavy atom. The van der Waals surface area contributed by atoms with Crippen LogP contribution in [0.1, 0.15) is 36.7 Å². The highest BCUT2D eigenvalue weighted by molar-refractivity contribution is 6.49.